The Bertz CT molecular complexity index is 410. The van der Waals surface area contributed by atoms with E-state index in [2.05, 4.69) is 15.5 Å². The van der Waals surface area contributed by atoms with E-state index in [0.29, 0.717) is 0 Å². The van der Waals surface area contributed by atoms with Crippen LogP contribution in [0.25, 0.3) is 0 Å². The number of nitrogens with zero attached hydrogens (tertiary/aromatic N) is 2. The van der Waals surface area contributed by atoms with E-state index in [-0.39, 0.29) is 16.7 Å². The zero-order valence-corrected chi connectivity index (χ0v) is 10.2. The highest BCUT2D eigenvalue weighted by molar-refractivity contribution is 7.17. The Balaban J connectivity index is 2.62. The van der Waals surface area contributed by atoms with Gasteiger partial charge in [0.25, 0.3) is 0 Å². The van der Waals surface area contributed by atoms with Crippen LogP contribution in [0, 0.1) is 5.92 Å². The molecule has 0 bridgehead atoms. The second kappa shape index (κ2) is 6.24. The molecule has 1 amide bonds. The number of rotatable bonds is 5. The van der Waals surface area contributed by atoms with Crippen molar-refractivity contribution in [2.45, 2.75) is 13.8 Å². The smallest absolute Gasteiger partial charge is 0.369 e. The van der Waals surface area contributed by atoms with Gasteiger partial charge < -0.3 is 10.1 Å². The first kappa shape index (κ1) is 13.5. The number of anilines is 1. The van der Waals surface area contributed by atoms with E-state index in [9.17, 15) is 14.0 Å². The van der Waals surface area contributed by atoms with E-state index >= 15 is 0 Å². The first-order chi connectivity index (χ1) is 8.08. The molecule has 1 unspecified atom stereocenters. The summed E-state index contributed by atoms with van der Waals surface area (Å²) in [6.45, 7) is 2.60. The predicted octanol–water partition coefficient (Wildman–Crippen LogP) is 1.26. The van der Waals surface area contributed by atoms with E-state index in [0.717, 1.165) is 11.3 Å². The number of hydrogen-bond donors (Lipinski definition) is 1. The van der Waals surface area contributed by atoms with Crippen molar-refractivity contribution in [3.8, 4) is 0 Å². The fraction of sp³-hybridized carbons (Fsp3) is 0.556. The quantitative estimate of drug-likeness (QED) is 0.807. The summed E-state index contributed by atoms with van der Waals surface area (Å²) >= 11 is 0.886. The van der Waals surface area contributed by atoms with Gasteiger partial charge >= 0.3 is 5.97 Å². The Morgan fingerprint density at radius 3 is 2.82 bits per heavy atom. The van der Waals surface area contributed by atoms with Gasteiger partial charge in [0.2, 0.25) is 16.0 Å². The maximum Gasteiger partial charge on any atom is 0.369 e. The molecule has 0 saturated carbocycles. The largest absolute Gasteiger partial charge is 0.461 e. The van der Waals surface area contributed by atoms with E-state index in [1.54, 1.807) is 6.92 Å². The third-order valence-corrected chi connectivity index (χ3v) is 2.60. The van der Waals surface area contributed by atoms with E-state index < -0.39 is 24.5 Å². The third-order valence-electron chi connectivity index (χ3n) is 1.78. The SMILES string of the molecule is CCOC(=O)c1nnc(NC(=O)C(C)CF)s1. The second-order valence-electron chi connectivity index (χ2n) is 3.18. The number of amides is 1. The zero-order chi connectivity index (χ0) is 12.8. The van der Waals surface area contributed by atoms with Gasteiger partial charge in [-0.3, -0.25) is 9.18 Å². The molecule has 1 aromatic rings. The first-order valence-electron chi connectivity index (χ1n) is 4.96. The van der Waals surface area contributed by atoms with Gasteiger partial charge in [0, 0.05) is 0 Å². The highest BCUT2D eigenvalue weighted by Crippen LogP contribution is 2.16. The summed E-state index contributed by atoms with van der Waals surface area (Å²) in [4.78, 5) is 22.6. The van der Waals surface area contributed by atoms with Crippen LogP contribution in [-0.2, 0) is 9.53 Å². The molecule has 1 N–H and O–H groups in total. The molecule has 0 aliphatic carbocycles. The maximum atomic E-state index is 12.2. The van der Waals surface area contributed by atoms with Crippen molar-refractivity contribution in [3.63, 3.8) is 0 Å². The summed E-state index contributed by atoms with van der Waals surface area (Å²) in [6.07, 6.45) is 0. The van der Waals surface area contributed by atoms with Crippen molar-refractivity contribution in [2.24, 2.45) is 5.92 Å². The molecule has 6 nitrogen and oxygen atoms in total. The van der Waals surface area contributed by atoms with Crippen molar-refractivity contribution in [1.29, 1.82) is 0 Å². The number of carbonyl (C=O) groups excluding carboxylic acids is 2. The topological polar surface area (TPSA) is 81.2 Å². The van der Waals surface area contributed by atoms with Crippen LogP contribution >= 0.6 is 11.3 Å². The number of halogens is 1. The molecule has 1 rings (SSSR count). The minimum atomic E-state index is -0.759. The number of aromatic nitrogens is 2. The maximum absolute atomic E-state index is 12.2. The summed E-state index contributed by atoms with van der Waals surface area (Å²) in [5, 5.41) is 9.72. The van der Waals surface area contributed by atoms with Crippen molar-refractivity contribution >= 4 is 28.3 Å². The molecule has 8 heteroatoms. The van der Waals surface area contributed by atoms with Gasteiger partial charge in [-0.1, -0.05) is 18.3 Å². The number of alkyl halides is 1. The average Bonchev–Trinajstić information content (AvgIpc) is 2.76. The molecule has 0 fully saturated rings. The molecule has 0 spiro atoms. The lowest BCUT2D eigenvalue weighted by molar-refractivity contribution is -0.119. The van der Waals surface area contributed by atoms with Crippen molar-refractivity contribution in [2.75, 3.05) is 18.6 Å². The summed E-state index contributed by atoms with van der Waals surface area (Å²) in [7, 11) is 0. The van der Waals surface area contributed by atoms with Gasteiger partial charge in [0.15, 0.2) is 0 Å². The van der Waals surface area contributed by atoms with Gasteiger partial charge in [-0.2, -0.15) is 0 Å². The number of hydrogen-bond acceptors (Lipinski definition) is 6. The second-order valence-corrected chi connectivity index (χ2v) is 4.15. The molecule has 1 aromatic heterocycles. The summed E-state index contributed by atoms with van der Waals surface area (Å²) < 4.78 is 16.9. The summed E-state index contributed by atoms with van der Waals surface area (Å²) in [5.74, 6) is -1.85. The Morgan fingerprint density at radius 1 is 1.53 bits per heavy atom. The van der Waals surface area contributed by atoms with Gasteiger partial charge in [-0.25, -0.2) is 4.79 Å². The molecule has 0 aromatic carbocycles. The van der Waals surface area contributed by atoms with Crippen molar-refractivity contribution in [1.82, 2.24) is 10.2 Å². The first-order valence-corrected chi connectivity index (χ1v) is 5.77. The standard InChI is InChI=1S/C9H12FN3O3S/c1-3-16-8(15)7-12-13-9(17-7)11-6(14)5(2)4-10/h5H,3-4H2,1-2H3,(H,11,13,14). The molecule has 0 radical (unpaired) electrons. The van der Waals surface area contributed by atoms with Crippen molar-refractivity contribution < 1.29 is 18.7 Å². The average molecular weight is 261 g/mol. The van der Waals surface area contributed by atoms with Crippen molar-refractivity contribution in [3.05, 3.63) is 5.01 Å². The molecule has 17 heavy (non-hydrogen) atoms. The van der Waals surface area contributed by atoms with Crippen LogP contribution in [-0.4, -0.2) is 35.4 Å². The van der Waals surface area contributed by atoms with Crippen LogP contribution < -0.4 is 5.32 Å². The normalized spacial score (nSPS) is 11.9. The Morgan fingerprint density at radius 2 is 2.24 bits per heavy atom. The van der Waals surface area contributed by atoms with Crippen LogP contribution in [0.3, 0.4) is 0 Å². The molecular weight excluding hydrogens is 249 g/mol. The Kier molecular flexibility index (Phi) is 4.95. The number of nitrogens with one attached hydrogen (secondary N) is 1. The fourth-order valence-electron chi connectivity index (χ4n) is 0.848. The van der Waals surface area contributed by atoms with Crippen LogP contribution in [0.1, 0.15) is 23.6 Å². The van der Waals surface area contributed by atoms with E-state index in [1.165, 1.54) is 6.92 Å². The van der Waals surface area contributed by atoms with Crippen LogP contribution in [0.4, 0.5) is 9.52 Å². The Hall–Kier alpha value is -1.57. The third kappa shape index (κ3) is 3.74. The zero-order valence-electron chi connectivity index (χ0n) is 9.40. The van der Waals surface area contributed by atoms with Crippen LogP contribution in [0.15, 0.2) is 0 Å². The molecular formula is C9H12FN3O3S. The molecule has 0 aliphatic rings. The highest BCUT2D eigenvalue weighted by Gasteiger charge is 2.17. The predicted molar refractivity (Wildman–Crippen MR) is 59.6 cm³/mol. The lowest BCUT2D eigenvalue weighted by Gasteiger charge is -2.04. The van der Waals surface area contributed by atoms with Gasteiger partial charge in [-0.05, 0) is 6.92 Å². The highest BCUT2D eigenvalue weighted by atomic mass is 32.1. The minimum Gasteiger partial charge on any atom is -0.461 e. The molecule has 94 valence electrons. The minimum absolute atomic E-state index is 0.0510. The lowest BCUT2D eigenvalue weighted by atomic mass is 10.2. The number of esters is 1. The summed E-state index contributed by atoms with van der Waals surface area (Å²) in [5.41, 5.74) is 0. The molecule has 1 heterocycles. The Labute approximate surface area is 101 Å². The van der Waals surface area contributed by atoms with E-state index in [1.807, 2.05) is 0 Å². The van der Waals surface area contributed by atoms with E-state index in [4.69, 9.17) is 4.74 Å². The van der Waals surface area contributed by atoms with Gasteiger partial charge in [0.1, 0.15) is 6.67 Å². The van der Waals surface area contributed by atoms with Crippen LogP contribution in [0.2, 0.25) is 0 Å². The number of ether oxygens (including phenoxy) is 1. The fourth-order valence-corrected chi connectivity index (χ4v) is 1.49. The van der Waals surface area contributed by atoms with Crippen LogP contribution in [0.5, 0.6) is 0 Å². The van der Waals surface area contributed by atoms with Gasteiger partial charge in [0.05, 0.1) is 12.5 Å². The number of carbonyl (C=O) groups is 2. The molecule has 0 saturated heterocycles. The lowest BCUT2D eigenvalue weighted by Crippen LogP contribution is -2.21. The summed E-state index contributed by atoms with van der Waals surface area (Å²) in [6, 6.07) is 0. The molecule has 1 atom stereocenters. The molecule has 0 aliphatic heterocycles. The monoisotopic (exact) mass is 261 g/mol. The van der Waals surface area contributed by atoms with Gasteiger partial charge in [-0.15, -0.1) is 10.2 Å².